The van der Waals surface area contributed by atoms with Crippen molar-refractivity contribution in [3.05, 3.63) is 170 Å². The molecule has 9 aromatic carbocycles. The van der Waals surface area contributed by atoms with Crippen LogP contribution in [0.5, 0.6) is 11.5 Å². The zero-order chi connectivity index (χ0) is 30.9. The largest absolute Gasteiger partial charge is 0.456 e. The van der Waals surface area contributed by atoms with E-state index in [2.05, 4.69) is 170 Å². The topological polar surface area (TPSA) is 9.23 Å². The van der Waals surface area contributed by atoms with E-state index in [9.17, 15) is 0 Å². The molecule has 0 radical (unpaired) electrons. The molecule has 1 nitrogen and oxygen atoms in total. The summed E-state index contributed by atoms with van der Waals surface area (Å²) in [7, 11) is 0. The molecule has 10 rings (SSSR count). The zero-order valence-corrected chi connectivity index (χ0v) is 25.6. The number of rotatable bonds is 3. The summed E-state index contributed by atoms with van der Waals surface area (Å²) in [6.07, 6.45) is 0. The second-order valence-corrected chi connectivity index (χ2v) is 12.5. The van der Waals surface area contributed by atoms with Crippen molar-refractivity contribution in [1.29, 1.82) is 0 Å². The summed E-state index contributed by atoms with van der Waals surface area (Å²) in [5.41, 5.74) is 9.67. The quantitative estimate of drug-likeness (QED) is 0.184. The van der Waals surface area contributed by atoms with Gasteiger partial charge in [-0.2, -0.15) is 0 Å². The number of benzene rings is 9. The van der Waals surface area contributed by atoms with E-state index in [0.29, 0.717) is 0 Å². The Bertz CT molecular complexity index is 2640. The summed E-state index contributed by atoms with van der Waals surface area (Å²) in [5, 5.41) is 9.86. The zero-order valence-electron chi connectivity index (χ0n) is 25.6. The summed E-state index contributed by atoms with van der Waals surface area (Å²) < 4.78 is 6.60. The first-order chi connectivity index (χ1) is 23.3. The Kier molecular flexibility index (Phi) is 5.64. The van der Waals surface area contributed by atoms with Gasteiger partial charge in [0.15, 0.2) is 0 Å². The molecule has 1 heteroatoms. The standard InChI is InChI=1S/C46H28O/c1-2-10-33-27-34(24-21-29(33)9-1)30-19-22-32(23-20-30)44-38-13-3-5-15-40(38)45(41-16-6-4-14-39(41)44)35-25-26-36-37-17-7-11-31-12-8-18-42(46(31)37)47-43(36)28-35/h1-28H. The van der Waals surface area contributed by atoms with Gasteiger partial charge in [-0.15, -0.1) is 0 Å². The van der Waals surface area contributed by atoms with E-state index in [4.69, 9.17) is 4.74 Å². The van der Waals surface area contributed by atoms with Crippen LogP contribution in [-0.4, -0.2) is 0 Å². The monoisotopic (exact) mass is 596 g/mol. The van der Waals surface area contributed by atoms with Gasteiger partial charge in [0.2, 0.25) is 0 Å². The minimum absolute atomic E-state index is 0.898. The lowest BCUT2D eigenvalue weighted by atomic mass is 9.85. The van der Waals surface area contributed by atoms with Crippen molar-refractivity contribution in [2.45, 2.75) is 0 Å². The van der Waals surface area contributed by atoms with E-state index < -0.39 is 0 Å². The highest BCUT2D eigenvalue weighted by Gasteiger charge is 2.22. The lowest BCUT2D eigenvalue weighted by molar-refractivity contribution is 0.487. The van der Waals surface area contributed by atoms with Crippen molar-refractivity contribution in [3.8, 4) is 56.0 Å². The first kappa shape index (κ1) is 26.1. The molecular weight excluding hydrogens is 569 g/mol. The van der Waals surface area contributed by atoms with Crippen LogP contribution in [-0.2, 0) is 0 Å². The third-order valence-corrected chi connectivity index (χ3v) is 9.83. The van der Waals surface area contributed by atoms with Gasteiger partial charge in [-0.1, -0.05) is 146 Å². The van der Waals surface area contributed by atoms with Crippen LogP contribution in [0, 0.1) is 0 Å². The highest BCUT2D eigenvalue weighted by atomic mass is 16.5. The fourth-order valence-corrected chi connectivity index (χ4v) is 7.67. The van der Waals surface area contributed by atoms with Gasteiger partial charge < -0.3 is 4.74 Å². The minimum Gasteiger partial charge on any atom is -0.456 e. The van der Waals surface area contributed by atoms with Crippen molar-refractivity contribution < 1.29 is 4.74 Å². The smallest absolute Gasteiger partial charge is 0.135 e. The second kappa shape index (κ2) is 10.2. The van der Waals surface area contributed by atoms with Gasteiger partial charge in [-0.25, -0.2) is 0 Å². The molecule has 0 amide bonds. The predicted octanol–water partition coefficient (Wildman–Crippen LogP) is 13.1. The van der Waals surface area contributed by atoms with Crippen molar-refractivity contribution in [3.63, 3.8) is 0 Å². The summed E-state index contributed by atoms with van der Waals surface area (Å²) in [6, 6.07) is 61.5. The average Bonchev–Trinajstić information content (AvgIpc) is 3.14. The Hall–Kier alpha value is -6.18. The Morgan fingerprint density at radius 3 is 1.57 bits per heavy atom. The number of ether oxygens (including phenoxy) is 1. The van der Waals surface area contributed by atoms with Crippen molar-refractivity contribution in [2.75, 3.05) is 0 Å². The molecule has 0 fully saturated rings. The first-order valence-corrected chi connectivity index (χ1v) is 16.2. The summed E-state index contributed by atoms with van der Waals surface area (Å²) in [5.74, 6) is 1.81. The van der Waals surface area contributed by atoms with E-state index in [0.717, 1.165) is 22.6 Å². The maximum atomic E-state index is 6.60. The van der Waals surface area contributed by atoms with Gasteiger partial charge in [-0.3, -0.25) is 0 Å². The minimum atomic E-state index is 0.898. The molecule has 0 aromatic heterocycles. The van der Waals surface area contributed by atoms with Gasteiger partial charge in [0.05, 0.1) is 0 Å². The van der Waals surface area contributed by atoms with Crippen LogP contribution in [0.2, 0.25) is 0 Å². The predicted molar refractivity (Wildman–Crippen MR) is 198 cm³/mol. The molecule has 0 saturated carbocycles. The maximum absolute atomic E-state index is 6.60. The fourth-order valence-electron chi connectivity index (χ4n) is 7.67. The number of hydrogen-bond donors (Lipinski definition) is 0. The summed E-state index contributed by atoms with van der Waals surface area (Å²) in [6.45, 7) is 0. The van der Waals surface area contributed by atoms with Crippen LogP contribution >= 0.6 is 0 Å². The molecule has 0 unspecified atom stereocenters. The molecule has 0 bridgehead atoms. The van der Waals surface area contributed by atoms with Gasteiger partial charge in [0.25, 0.3) is 0 Å². The van der Waals surface area contributed by atoms with Crippen LogP contribution in [0.25, 0.3) is 87.6 Å². The normalized spacial score (nSPS) is 12.0. The molecular formula is C46H28O. The maximum Gasteiger partial charge on any atom is 0.135 e. The lowest BCUT2D eigenvalue weighted by Crippen LogP contribution is -1.98. The molecule has 1 heterocycles. The molecule has 1 aliphatic rings. The van der Waals surface area contributed by atoms with Crippen LogP contribution < -0.4 is 4.74 Å². The SMILES string of the molecule is c1ccc2cc(-c3ccc(-c4c5ccccc5c(-c5ccc6c(c5)Oc5cccc7cccc-6c57)c5ccccc45)cc3)ccc2c1. The van der Waals surface area contributed by atoms with Crippen LogP contribution in [0.15, 0.2) is 170 Å². The van der Waals surface area contributed by atoms with Gasteiger partial charge >= 0.3 is 0 Å². The average molecular weight is 597 g/mol. The van der Waals surface area contributed by atoms with Crippen molar-refractivity contribution >= 4 is 43.1 Å². The summed E-state index contributed by atoms with van der Waals surface area (Å²) in [4.78, 5) is 0. The molecule has 0 atom stereocenters. The van der Waals surface area contributed by atoms with Crippen LogP contribution in [0.4, 0.5) is 0 Å². The van der Waals surface area contributed by atoms with Gasteiger partial charge in [0.1, 0.15) is 11.5 Å². The molecule has 1 aliphatic heterocycles. The number of hydrogen-bond acceptors (Lipinski definition) is 1. The van der Waals surface area contributed by atoms with Crippen molar-refractivity contribution in [2.24, 2.45) is 0 Å². The Labute approximate surface area is 272 Å². The third-order valence-electron chi connectivity index (χ3n) is 9.83. The van der Waals surface area contributed by atoms with Gasteiger partial charge in [0, 0.05) is 10.9 Å². The highest BCUT2D eigenvalue weighted by Crippen LogP contribution is 2.49. The molecule has 0 aliphatic carbocycles. The van der Waals surface area contributed by atoms with Crippen LogP contribution in [0.3, 0.4) is 0 Å². The first-order valence-electron chi connectivity index (χ1n) is 16.2. The third kappa shape index (κ3) is 4.03. The highest BCUT2D eigenvalue weighted by molar-refractivity contribution is 6.21. The molecule has 47 heavy (non-hydrogen) atoms. The number of fused-ring (bicyclic) bond motifs is 5. The molecule has 0 N–H and O–H groups in total. The van der Waals surface area contributed by atoms with Crippen LogP contribution in [0.1, 0.15) is 0 Å². The Balaban J connectivity index is 1.14. The van der Waals surface area contributed by atoms with E-state index >= 15 is 0 Å². The molecule has 0 saturated heterocycles. The van der Waals surface area contributed by atoms with E-state index in [1.807, 2.05) is 0 Å². The molecule has 218 valence electrons. The van der Waals surface area contributed by atoms with E-state index in [1.165, 1.54) is 76.5 Å². The molecule has 9 aromatic rings. The Morgan fingerprint density at radius 1 is 0.298 bits per heavy atom. The fraction of sp³-hybridized carbons (Fsp3) is 0. The van der Waals surface area contributed by atoms with E-state index in [-0.39, 0.29) is 0 Å². The summed E-state index contributed by atoms with van der Waals surface area (Å²) >= 11 is 0. The Morgan fingerprint density at radius 2 is 0.851 bits per heavy atom. The lowest BCUT2D eigenvalue weighted by Gasteiger charge is -2.23. The molecule has 0 spiro atoms. The van der Waals surface area contributed by atoms with E-state index in [1.54, 1.807) is 0 Å². The second-order valence-electron chi connectivity index (χ2n) is 12.5. The van der Waals surface area contributed by atoms with Crippen molar-refractivity contribution in [1.82, 2.24) is 0 Å². The van der Waals surface area contributed by atoms with Gasteiger partial charge in [-0.05, 0) is 101 Å².